The number of nitrogen functional groups attached to an aromatic ring is 1. The van der Waals surface area contributed by atoms with Gasteiger partial charge >= 0.3 is 0 Å². The Balaban J connectivity index is 2.33. The summed E-state index contributed by atoms with van der Waals surface area (Å²) in [7, 11) is 3.07. The number of hydrogen-bond acceptors (Lipinski definition) is 4. The number of benzene rings is 1. The van der Waals surface area contributed by atoms with E-state index >= 15 is 0 Å². The molecule has 20 heavy (non-hydrogen) atoms. The number of rotatable bonds is 3. The van der Waals surface area contributed by atoms with E-state index in [2.05, 4.69) is 10.3 Å². The molecule has 1 aromatic heterocycles. The van der Waals surface area contributed by atoms with Gasteiger partial charge in [-0.25, -0.2) is 4.98 Å². The third-order valence-electron chi connectivity index (χ3n) is 2.97. The van der Waals surface area contributed by atoms with E-state index in [-0.39, 0.29) is 24.1 Å². The molecule has 104 valence electrons. The molecule has 0 radical (unpaired) electrons. The van der Waals surface area contributed by atoms with Crippen LogP contribution in [0.2, 0.25) is 0 Å². The molecule has 2 amide bonds. The van der Waals surface area contributed by atoms with Crippen LogP contribution >= 0.6 is 0 Å². The van der Waals surface area contributed by atoms with Crippen LogP contribution in [-0.2, 0) is 4.79 Å². The predicted octanol–water partition coefficient (Wildman–Crippen LogP) is 0.635. The Morgan fingerprint density at radius 3 is 2.75 bits per heavy atom. The molecule has 1 heterocycles. The first-order valence-electron chi connectivity index (χ1n) is 6.14. The van der Waals surface area contributed by atoms with Crippen molar-refractivity contribution < 1.29 is 9.59 Å². The third kappa shape index (κ3) is 2.69. The molecule has 0 spiro atoms. The molecule has 0 aliphatic carbocycles. The molecular formula is C14H16N4O2. The average molecular weight is 272 g/mol. The van der Waals surface area contributed by atoms with Crippen LogP contribution in [0.4, 0.5) is 5.69 Å². The van der Waals surface area contributed by atoms with Crippen LogP contribution in [0.25, 0.3) is 10.9 Å². The van der Waals surface area contributed by atoms with Crippen molar-refractivity contribution in [3.05, 3.63) is 36.0 Å². The Morgan fingerprint density at radius 1 is 1.35 bits per heavy atom. The first-order chi connectivity index (χ1) is 9.52. The zero-order chi connectivity index (χ0) is 14.7. The fourth-order valence-corrected chi connectivity index (χ4v) is 1.87. The van der Waals surface area contributed by atoms with Gasteiger partial charge in [-0.2, -0.15) is 0 Å². The van der Waals surface area contributed by atoms with Gasteiger partial charge < -0.3 is 16.0 Å². The van der Waals surface area contributed by atoms with Crippen molar-refractivity contribution in [2.75, 3.05) is 26.4 Å². The van der Waals surface area contributed by atoms with Crippen LogP contribution in [0.3, 0.4) is 0 Å². The van der Waals surface area contributed by atoms with Gasteiger partial charge in [0, 0.05) is 25.2 Å². The highest BCUT2D eigenvalue weighted by Crippen LogP contribution is 2.20. The number of hydrogen-bond donors (Lipinski definition) is 2. The Hall–Kier alpha value is -2.63. The molecule has 2 aromatic rings. The first kappa shape index (κ1) is 13.8. The molecule has 2 rings (SSSR count). The molecule has 0 aliphatic heterocycles. The second-order valence-corrected chi connectivity index (χ2v) is 4.45. The number of carbonyl (C=O) groups excluding carboxylic acids is 2. The lowest BCUT2D eigenvalue weighted by Crippen LogP contribution is -2.37. The van der Waals surface area contributed by atoms with Crippen LogP contribution in [0, 0.1) is 0 Å². The number of amides is 2. The number of fused-ring (bicyclic) bond motifs is 1. The van der Waals surface area contributed by atoms with Gasteiger partial charge in [0.25, 0.3) is 5.91 Å². The van der Waals surface area contributed by atoms with Gasteiger partial charge in [0.05, 0.1) is 12.1 Å². The Labute approximate surface area is 116 Å². The summed E-state index contributed by atoms with van der Waals surface area (Å²) in [4.78, 5) is 29.1. The van der Waals surface area contributed by atoms with Crippen molar-refractivity contribution >= 4 is 28.4 Å². The second-order valence-electron chi connectivity index (χ2n) is 4.45. The number of aromatic nitrogens is 1. The number of anilines is 1. The van der Waals surface area contributed by atoms with Crippen molar-refractivity contribution in [3.8, 4) is 0 Å². The SMILES string of the molecule is CNC(=O)CN(C)C(=O)c1cc(N)c2ccccc2n1. The number of carbonyl (C=O) groups is 2. The third-order valence-corrected chi connectivity index (χ3v) is 2.97. The summed E-state index contributed by atoms with van der Waals surface area (Å²) in [6.45, 7) is -0.0241. The second kappa shape index (κ2) is 5.56. The van der Waals surface area contributed by atoms with E-state index in [0.29, 0.717) is 11.2 Å². The van der Waals surface area contributed by atoms with E-state index < -0.39 is 0 Å². The van der Waals surface area contributed by atoms with Crippen molar-refractivity contribution in [1.82, 2.24) is 15.2 Å². The van der Waals surface area contributed by atoms with Crippen LogP contribution in [0.5, 0.6) is 0 Å². The van der Waals surface area contributed by atoms with Crippen molar-refractivity contribution in [1.29, 1.82) is 0 Å². The standard InChI is InChI=1S/C14H16N4O2/c1-16-13(19)8-18(2)14(20)12-7-10(15)9-5-3-4-6-11(9)17-12/h3-7H,8H2,1-2H3,(H2,15,17)(H,16,19). The molecule has 1 aromatic carbocycles. The topological polar surface area (TPSA) is 88.3 Å². The summed E-state index contributed by atoms with van der Waals surface area (Å²) in [6, 6.07) is 8.86. The summed E-state index contributed by atoms with van der Waals surface area (Å²) < 4.78 is 0. The molecule has 0 unspecified atom stereocenters. The maximum absolute atomic E-state index is 12.2. The predicted molar refractivity (Wildman–Crippen MR) is 77.2 cm³/mol. The van der Waals surface area contributed by atoms with E-state index in [1.54, 1.807) is 13.1 Å². The highest BCUT2D eigenvalue weighted by molar-refractivity contribution is 6.00. The highest BCUT2D eigenvalue weighted by atomic mass is 16.2. The lowest BCUT2D eigenvalue weighted by Gasteiger charge is -2.16. The fourth-order valence-electron chi connectivity index (χ4n) is 1.87. The summed E-state index contributed by atoms with van der Waals surface area (Å²) in [6.07, 6.45) is 0. The quantitative estimate of drug-likeness (QED) is 0.858. The molecule has 0 atom stereocenters. The van der Waals surface area contributed by atoms with Gasteiger partial charge in [-0.3, -0.25) is 9.59 Å². The van der Waals surface area contributed by atoms with E-state index in [4.69, 9.17) is 5.73 Å². The summed E-state index contributed by atoms with van der Waals surface area (Å²) >= 11 is 0. The first-order valence-corrected chi connectivity index (χ1v) is 6.14. The minimum Gasteiger partial charge on any atom is -0.398 e. The number of pyridine rings is 1. The monoisotopic (exact) mass is 272 g/mol. The number of para-hydroxylation sites is 1. The minimum atomic E-state index is -0.342. The zero-order valence-corrected chi connectivity index (χ0v) is 11.4. The van der Waals surface area contributed by atoms with E-state index in [9.17, 15) is 9.59 Å². The molecule has 0 saturated heterocycles. The van der Waals surface area contributed by atoms with Gasteiger partial charge in [-0.05, 0) is 12.1 Å². The summed E-state index contributed by atoms with van der Waals surface area (Å²) in [5, 5.41) is 3.27. The molecule has 6 heteroatoms. The molecule has 0 fully saturated rings. The lowest BCUT2D eigenvalue weighted by molar-refractivity contribution is -0.121. The molecule has 3 N–H and O–H groups in total. The molecule has 0 saturated carbocycles. The van der Waals surface area contributed by atoms with Crippen molar-refractivity contribution in [2.24, 2.45) is 0 Å². The lowest BCUT2D eigenvalue weighted by atomic mass is 10.1. The highest BCUT2D eigenvalue weighted by Gasteiger charge is 2.17. The summed E-state index contributed by atoms with van der Waals surface area (Å²) in [5.41, 5.74) is 7.31. The van der Waals surface area contributed by atoms with Gasteiger partial charge in [0.2, 0.25) is 5.91 Å². The van der Waals surface area contributed by atoms with Gasteiger partial charge in [-0.1, -0.05) is 18.2 Å². The van der Waals surface area contributed by atoms with Crippen LogP contribution < -0.4 is 11.1 Å². The fraction of sp³-hybridized carbons (Fsp3) is 0.214. The number of nitrogens with one attached hydrogen (secondary N) is 1. The van der Waals surface area contributed by atoms with E-state index in [1.165, 1.54) is 18.0 Å². The number of likely N-dealkylation sites (N-methyl/N-ethyl adjacent to an activating group) is 2. The minimum absolute atomic E-state index is 0.0241. The Kier molecular flexibility index (Phi) is 3.84. The maximum atomic E-state index is 12.2. The maximum Gasteiger partial charge on any atom is 0.272 e. The van der Waals surface area contributed by atoms with Gasteiger partial charge in [0.15, 0.2) is 0 Å². The summed E-state index contributed by atoms with van der Waals surface area (Å²) in [5.74, 6) is -0.583. The van der Waals surface area contributed by atoms with Crippen LogP contribution in [-0.4, -0.2) is 42.3 Å². The van der Waals surface area contributed by atoms with Gasteiger partial charge in [-0.15, -0.1) is 0 Å². The largest absolute Gasteiger partial charge is 0.398 e. The van der Waals surface area contributed by atoms with Crippen molar-refractivity contribution in [2.45, 2.75) is 0 Å². The molecule has 0 bridgehead atoms. The van der Waals surface area contributed by atoms with E-state index in [0.717, 1.165) is 5.39 Å². The molecular weight excluding hydrogens is 256 g/mol. The zero-order valence-electron chi connectivity index (χ0n) is 11.4. The number of nitrogens with two attached hydrogens (primary N) is 1. The molecule has 0 aliphatic rings. The Bertz CT molecular complexity index is 669. The number of nitrogens with zero attached hydrogens (tertiary/aromatic N) is 2. The smallest absolute Gasteiger partial charge is 0.272 e. The van der Waals surface area contributed by atoms with Crippen LogP contribution in [0.1, 0.15) is 10.5 Å². The average Bonchev–Trinajstić information content (AvgIpc) is 2.46. The van der Waals surface area contributed by atoms with Crippen LogP contribution in [0.15, 0.2) is 30.3 Å². The Morgan fingerprint density at radius 2 is 2.05 bits per heavy atom. The van der Waals surface area contributed by atoms with E-state index in [1.807, 2.05) is 18.2 Å². The molecule has 6 nitrogen and oxygen atoms in total. The van der Waals surface area contributed by atoms with Crippen molar-refractivity contribution in [3.63, 3.8) is 0 Å². The normalized spacial score (nSPS) is 10.3. The van der Waals surface area contributed by atoms with Gasteiger partial charge in [0.1, 0.15) is 5.69 Å².